The fourth-order valence-corrected chi connectivity index (χ4v) is 3.26. The van der Waals surface area contributed by atoms with Gasteiger partial charge in [0.05, 0.1) is 17.2 Å². The maximum absolute atomic E-state index is 4.51. The van der Waals surface area contributed by atoms with E-state index >= 15 is 0 Å². The largest absolute Gasteiger partial charge is 0.356 e. The van der Waals surface area contributed by atoms with Crippen LogP contribution in [-0.2, 0) is 13.0 Å². The molecule has 0 fully saturated rings. The second kappa shape index (κ2) is 10.1. The van der Waals surface area contributed by atoms with Crippen molar-refractivity contribution < 1.29 is 0 Å². The number of unbranched alkanes of at least 4 members (excludes halogenated alkanes) is 2. The summed E-state index contributed by atoms with van der Waals surface area (Å²) in [5.74, 6) is 0.934. The molecule has 0 radical (unpaired) electrons. The first-order chi connectivity index (χ1) is 11.7. The van der Waals surface area contributed by atoms with Crippen molar-refractivity contribution in [3.8, 4) is 0 Å². The summed E-state index contributed by atoms with van der Waals surface area (Å²) in [4.78, 5) is 11.0. The lowest BCUT2D eigenvalue weighted by atomic mass is 10.1. The molecule has 0 aliphatic heterocycles. The van der Waals surface area contributed by atoms with Crippen LogP contribution in [0.3, 0.4) is 0 Å². The van der Waals surface area contributed by atoms with E-state index in [4.69, 9.17) is 0 Å². The van der Waals surface area contributed by atoms with E-state index in [0.717, 1.165) is 36.2 Å². The molecule has 0 aliphatic rings. The number of nitrogens with zero attached hydrogens (tertiary/aromatic N) is 3. The SMILES string of the molecule is CN=C(NCCCCCc1ccccc1)N(C)Cc1csc(C)n1. The van der Waals surface area contributed by atoms with Gasteiger partial charge in [-0.25, -0.2) is 4.98 Å². The number of hydrogen-bond acceptors (Lipinski definition) is 3. The van der Waals surface area contributed by atoms with E-state index in [-0.39, 0.29) is 0 Å². The first-order valence-electron chi connectivity index (χ1n) is 8.55. The first kappa shape index (κ1) is 18.5. The fourth-order valence-electron chi connectivity index (χ4n) is 2.66. The van der Waals surface area contributed by atoms with E-state index in [1.807, 2.05) is 14.0 Å². The molecule has 2 aromatic rings. The van der Waals surface area contributed by atoms with Gasteiger partial charge in [-0.3, -0.25) is 4.99 Å². The second-order valence-corrected chi connectivity index (χ2v) is 7.05. The Morgan fingerprint density at radius 1 is 1.21 bits per heavy atom. The fraction of sp³-hybridized carbons (Fsp3) is 0.474. The van der Waals surface area contributed by atoms with E-state index < -0.39 is 0 Å². The first-order valence-corrected chi connectivity index (χ1v) is 9.43. The summed E-state index contributed by atoms with van der Waals surface area (Å²) >= 11 is 1.69. The Morgan fingerprint density at radius 2 is 2.00 bits per heavy atom. The molecule has 0 saturated carbocycles. The summed E-state index contributed by atoms with van der Waals surface area (Å²) in [6.07, 6.45) is 4.79. The van der Waals surface area contributed by atoms with Crippen molar-refractivity contribution in [2.45, 2.75) is 39.2 Å². The Labute approximate surface area is 149 Å². The summed E-state index contributed by atoms with van der Waals surface area (Å²) in [7, 11) is 3.89. The van der Waals surface area contributed by atoms with Gasteiger partial charge in [0.25, 0.3) is 0 Å². The van der Waals surface area contributed by atoms with E-state index in [0.29, 0.717) is 0 Å². The molecular formula is C19H28N4S. The van der Waals surface area contributed by atoms with Crippen molar-refractivity contribution in [2.24, 2.45) is 4.99 Å². The van der Waals surface area contributed by atoms with Crippen molar-refractivity contribution in [3.63, 3.8) is 0 Å². The normalized spacial score (nSPS) is 11.5. The van der Waals surface area contributed by atoms with Gasteiger partial charge < -0.3 is 10.2 Å². The predicted molar refractivity (Wildman–Crippen MR) is 104 cm³/mol. The Bertz CT molecular complexity index is 621. The standard InChI is InChI=1S/C19H28N4S/c1-16-22-18(15-24-16)14-23(3)19(20-2)21-13-9-5-8-12-17-10-6-4-7-11-17/h4,6-7,10-11,15H,5,8-9,12-14H2,1-3H3,(H,20,21). The van der Waals surface area contributed by atoms with Crippen LogP contribution in [0.5, 0.6) is 0 Å². The number of nitrogens with one attached hydrogen (secondary N) is 1. The number of thiazole rings is 1. The number of hydrogen-bond donors (Lipinski definition) is 1. The minimum atomic E-state index is 0.790. The molecule has 4 nitrogen and oxygen atoms in total. The molecule has 130 valence electrons. The maximum atomic E-state index is 4.51. The molecule has 2 rings (SSSR count). The van der Waals surface area contributed by atoms with Gasteiger partial charge in [-0.1, -0.05) is 36.8 Å². The average Bonchev–Trinajstić information content (AvgIpc) is 3.00. The number of guanidine groups is 1. The van der Waals surface area contributed by atoms with Gasteiger partial charge in [-0.2, -0.15) is 0 Å². The maximum Gasteiger partial charge on any atom is 0.193 e. The molecule has 1 heterocycles. The number of rotatable bonds is 8. The Morgan fingerprint density at radius 3 is 2.67 bits per heavy atom. The number of benzene rings is 1. The van der Waals surface area contributed by atoms with E-state index in [2.05, 4.69) is 63.0 Å². The molecule has 24 heavy (non-hydrogen) atoms. The van der Waals surface area contributed by atoms with Crippen molar-refractivity contribution >= 4 is 17.3 Å². The quantitative estimate of drug-likeness (QED) is 0.449. The zero-order valence-electron chi connectivity index (χ0n) is 15.0. The van der Waals surface area contributed by atoms with E-state index in [1.165, 1.54) is 24.8 Å². The molecule has 0 unspecified atom stereocenters. The topological polar surface area (TPSA) is 40.5 Å². The van der Waals surface area contributed by atoms with Crippen LogP contribution in [0.2, 0.25) is 0 Å². The summed E-state index contributed by atoms with van der Waals surface area (Å²) < 4.78 is 0. The van der Waals surface area contributed by atoms with Crippen LogP contribution < -0.4 is 5.32 Å². The number of aromatic nitrogens is 1. The number of aryl methyl sites for hydroxylation is 2. The molecule has 0 saturated heterocycles. The molecule has 0 amide bonds. The predicted octanol–water partition coefficient (Wildman–Crippen LogP) is 3.87. The second-order valence-electron chi connectivity index (χ2n) is 5.98. The zero-order valence-corrected chi connectivity index (χ0v) is 15.8. The van der Waals surface area contributed by atoms with Gasteiger partial charge in [-0.05, 0) is 31.7 Å². The highest BCUT2D eigenvalue weighted by Crippen LogP contribution is 2.10. The van der Waals surface area contributed by atoms with Gasteiger partial charge >= 0.3 is 0 Å². The van der Waals surface area contributed by atoms with Crippen LogP contribution in [0, 0.1) is 6.92 Å². The van der Waals surface area contributed by atoms with Crippen LogP contribution in [0.25, 0.3) is 0 Å². The lowest BCUT2D eigenvalue weighted by molar-refractivity contribution is 0.468. The lowest BCUT2D eigenvalue weighted by Gasteiger charge is -2.21. The highest BCUT2D eigenvalue weighted by molar-refractivity contribution is 7.09. The highest BCUT2D eigenvalue weighted by Gasteiger charge is 2.08. The minimum Gasteiger partial charge on any atom is -0.356 e. The van der Waals surface area contributed by atoms with Gasteiger partial charge in [0.15, 0.2) is 5.96 Å². The van der Waals surface area contributed by atoms with Gasteiger partial charge in [0.1, 0.15) is 0 Å². The molecule has 0 atom stereocenters. The lowest BCUT2D eigenvalue weighted by Crippen LogP contribution is -2.38. The van der Waals surface area contributed by atoms with Crippen molar-refractivity contribution in [1.82, 2.24) is 15.2 Å². The van der Waals surface area contributed by atoms with E-state index in [9.17, 15) is 0 Å². The third-order valence-electron chi connectivity index (χ3n) is 3.91. The molecular weight excluding hydrogens is 316 g/mol. The van der Waals surface area contributed by atoms with Crippen LogP contribution >= 0.6 is 11.3 Å². The summed E-state index contributed by atoms with van der Waals surface area (Å²) in [6, 6.07) is 10.7. The summed E-state index contributed by atoms with van der Waals surface area (Å²) in [6.45, 7) is 3.79. The molecule has 0 spiro atoms. The number of aliphatic imine (C=N–C) groups is 1. The van der Waals surface area contributed by atoms with Crippen molar-refractivity contribution in [2.75, 3.05) is 20.6 Å². The van der Waals surface area contributed by atoms with E-state index in [1.54, 1.807) is 11.3 Å². The Balaban J connectivity index is 1.62. The highest BCUT2D eigenvalue weighted by atomic mass is 32.1. The third kappa shape index (κ3) is 6.32. The van der Waals surface area contributed by atoms with Gasteiger partial charge in [0.2, 0.25) is 0 Å². The molecule has 1 aromatic carbocycles. The van der Waals surface area contributed by atoms with Gasteiger partial charge in [-0.15, -0.1) is 11.3 Å². The summed E-state index contributed by atoms with van der Waals surface area (Å²) in [5.41, 5.74) is 2.53. The van der Waals surface area contributed by atoms with Crippen molar-refractivity contribution in [3.05, 3.63) is 52.0 Å². The summed E-state index contributed by atoms with van der Waals surface area (Å²) in [5, 5.41) is 6.67. The zero-order chi connectivity index (χ0) is 17.2. The van der Waals surface area contributed by atoms with Crippen molar-refractivity contribution in [1.29, 1.82) is 0 Å². The molecule has 1 N–H and O–H groups in total. The minimum absolute atomic E-state index is 0.790. The van der Waals surface area contributed by atoms with Crippen LogP contribution in [0.4, 0.5) is 0 Å². The molecule has 0 bridgehead atoms. The average molecular weight is 345 g/mol. The molecule has 5 heteroatoms. The van der Waals surface area contributed by atoms with Crippen LogP contribution in [0.15, 0.2) is 40.7 Å². The molecule has 0 aliphatic carbocycles. The smallest absolute Gasteiger partial charge is 0.193 e. The van der Waals surface area contributed by atoms with Gasteiger partial charge in [0, 0.05) is 26.0 Å². The third-order valence-corrected chi connectivity index (χ3v) is 4.73. The van der Waals surface area contributed by atoms with Crippen LogP contribution in [0.1, 0.15) is 35.5 Å². The monoisotopic (exact) mass is 344 g/mol. The Hall–Kier alpha value is -1.88. The molecule has 1 aromatic heterocycles. The Kier molecular flexibility index (Phi) is 7.75. The van der Waals surface area contributed by atoms with Crippen LogP contribution in [-0.4, -0.2) is 36.5 Å².